The van der Waals surface area contributed by atoms with Crippen molar-refractivity contribution < 1.29 is 23.8 Å². The van der Waals surface area contributed by atoms with Gasteiger partial charge >= 0.3 is 0 Å². The van der Waals surface area contributed by atoms with Gasteiger partial charge in [0.25, 0.3) is 0 Å². The minimum atomic E-state index is 0.571. The zero-order valence-electron chi connectivity index (χ0n) is 12.7. The first-order chi connectivity index (χ1) is 10.7. The molecule has 0 atom stereocenters. The average molecular weight is 302 g/mol. The van der Waals surface area contributed by atoms with Crippen molar-refractivity contribution in [2.45, 2.75) is 0 Å². The van der Waals surface area contributed by atoms with E-state index >= 15 is 0 Å². The van der Waals surface area contributed by atoms with E-state index in [2.05, 4.69) is 0 Å². The van der Waals surface area contributed by atoms with Crippen LogP contribution in [0.1, 0.15) is 20.7 Å². The van der Waals surface area contributed by atoms with Gasteiger partial charge in [-0.25, -0.2) is 0 Å². The van der Waals surface area contributed by atoms with Gasteiger partial charge in [-0.15, -0.1) is 0 Å². The fraction of sp³-hybridized carbons (Fsp3) is 0.176. The Morgan fingerprint density at radius 3 is 1.68 bits per heavy atom. The number of hydrogen-bond acceptors (Lipinski definition) is 5. The molecule has 0 spiro atoms. The Morgan fingerprint density at radius 1 is 0.682 bits per heavy atom. The first kappa shape index (κ1) is 17.2. The zero-order valence-corrected chi connectivity index (χ0v) is 12.7. The lowest BCUT2D eigenvalue weighted by Gasteiger charge is -2.06. The van der Waals surface area contributed by atoms with Crippen molar-refractivity contribution in [2.24, 2.45) is 0 Å². The second kappa shape index (κ2) is 9.18. The molecule has 0 unspecified atom stereocenters. The zero-order chi connectivity index (χ0) is 16.4. The minimum Gasteiger partial charge on any atom is -0.497 e. The third kappa shape index (κ3) is 4.94. The van der Waals surface area contributed by atoms with Crippen LogP contribution in [0.2, 0.25) is 0 Å². The van der Waals surface area contributed by atoms with E-state index in [0.717, 1.165) is 18.3 Å². The number of rotatable bonds is 5. The Labute approximate surface area is 129 Å². The second-order valence-electron chi connectivity index (χ2n) is 4.12. The Balaban J connectivity index is 0.000000224. The van der Waals surface area contributed by atoms with E-state index in [4.69, 9.17) is 14.2 Å². The second-order valence-corrected chi connectivity index (χ2v) is 4.12. The summed E-state index contributed by atoms with van der Waals surface area (Å²) in [4.78, 5) is 20.5. The summed E-state index contributed by atoms with van der Waals surface area (Å²) in [5.41, 5.74) is 1.24. The topological polar surface area (TPSA) is 61.8 Å². The molecule has 0 amide bonds. The summed E-state index contributed by atoms with van der Waals surface area (Å²) in [6.07, 6.45) is 1.57. The molecule has 0 fully saturated rings. The summed E-state index contributed by atoms with van der Waals surface area (Å²) in [5, 5.41) is 0. The molecule has 116 valence electrons. The summed E-state index contributed by atoms with van der Waals surface area (Å²) in [6.45, 7) is 0. The molecule has 22 heavy (non-hydrogen) atoms. The van der Waals surface area contributed by atoms with E-state index < -0.39 is 0 Å². The van der Waals surface area contributed by atoms with Gasteiger partial charge in [-0.3, -0.25) is 9.59 Å². The van der Waals surface area contributed by atoms with E-state index in [9.17, 15) is 9.59 Å². The van der Waals surface area contributed by atoms with Gasteiger partial charge in [-0.1, -0.05) is 0 Å². The highest BCUT2D eigenvalue weighted by Gasteiger charge is 2.02. The lowest BCUT2D eigenvalue weighted by Crippen LogP contribution is -1.91. The first-order valence-corrected chi connectivity index (χ1v) is 6.45. The molecule has 0 saturated heterocycles. The van der Waals surface area contributed by atoms with Crippen molar-refractivity contribution in [1.29, 1.82) is 0 Å². The number of carbonyl (C=O) groups excluding carboxylic acids is 2. The number of aldehydes is 2. The van der Waals surface area contributed by atoms with E-state index in [-0.39, 0.29) is 0 Å². The average Bonchev–Trinajstić information content (AvgIpc) is 2.61. The molecule has 0 N–H and O–H groups in total. The van der Waals surface area contributed by atoms with Crippen LogP contribution in [-0.2, 0) is 0 Å². The predicted octanol–water partition coefficient (Wildman–Crippen LogP) is 3.02. The van der Waals surface area contributed by atoms with Gasteiger partial charge in [-0.05, 0) is 42.5 Å². The summed E-state index contributed by atoms with van der Waals surface area (Å²) in [7, 11) is 4.68. The molecular weight excluding hydrogens is 284 g/mol. The van der Waals surface area contributed by atoms with Crippen LogP contribution in [0.3, 0.4) is 0 Å². The number of methoxy groups -OCH3 is 3. The number of hydrogen-bond donors (Lipinski definition) is 0. The fourth-order valence-electron chi connectivity index (χ4n) is 1.61. The molecule has 0 aliphatic carbocycles. The maximum Gasteiger partial charge on any atom is 0.161 e. The van der Waals surface area contributed by atoms with Crippen LogP contribution < -0.4 is 14.2 Å². The highest BCUT2D eigenvalue weighted by molar-refractivity contribution is 5.76. The van der Waals surface area contributed by atoms with Gasteiger partial charge in [-0.2, -0.15) is 0 Å². The molecule has 2 rings (SSSR count). The molecule has 0 aromatic heterocycles. The van der Waals surface area contributed by atoms with Crippen LogP contribution in [0.15, 0.2) is 42.5 Å². The Kier molecular flexibility index (Phi) is 7.19. The number of carbonyl (C=O) groups is 2. The maximum atomic E-state index is 10.4. The monoisotopic (exact) mass is 302 g/mol. The number of ether oxygens (including phenoxy) is 3. The summed E-state index contributed by atoms with van der Waals surface area (Å²) in [6, 6.07) is 11.9. The van der Waals surface area contributed by atoms with Crippen LogP contribution in [0.5, 0.6) is 17.2 Å². The molecule has 0 aliphatic heterocycles. The van der Waals surface area contributed by atoms with Crippen molar-refractivity contribution in [3.63, 3.8) is 0 Å². The van der Waals surface area contributed by atoms with E-state index in [1.165, 1.54) is 7.11 Å². The first-order valence-electron chi connectivity index (χ1n) is 6.45. The molecule has 0 aliphatic rings. The van der Waals surface area contributed by atoms with Crippen molar-refractivity contribution in [1.82, 2.24) is 0 Å². The lowest BCUT2D eigenvalue weighted by molar-refractivity contribution is 0.111. The normalized spacial score (nSPS) is 9.05. The van der Waals surface area contributed by atoms with Gasteiger partial charge < -0.3 is 14.2 Å². The summed E-state index contributed by atoms with van der Waals surface area (Å²) in [5.74, 6) is 1.97. The quantitative estimate of drug-likeness (QED) is 0.794. The fourth-order valence-corrected chi connectivity index (χ4v) is 1.61. The summed E-state index contributed by atoms with van der Waals surface area (Å²) < 4.78 is 14.9. The van der Waals surface area contributed by atoms with Gasteiger partial charge in [0.05, 0.1) is 21.3 Å². The van der Waals surface area contributed by atoms with Crippen LogP contribution in [-0.4, -0.2) is 33.9 Å². The van der Waals surface area contributed by atoms with Crippen molar-refractivity contribution in [2.75, 3.05) is 21.3 Å². The van der Waals surface area contributed by atoms with E-state index in [0.29, 0.717) is 22.6 Å². The molecule has 5 nitrogen and oxygen atoms in total. The molecule has 5 heteroatoms. The van der Waals surface area contributed by atoms with Crippen LogP contribution in [0.4, 0.5) is 0 Å². The molecule has 0 saturated carbocycles. The number of benzene rings is 2. The van der Waals surface area contributed by atoms with Crippen LogP contribution in [0, 0.1) is 0 Å². The maximum absolute atomic E-state index is 10.4. The SMILES string of the molecule is COc1ccc(C=O)cc1.COc1ccc(C=O)cc1OC. The van der Waals surface area contributed by atoms with Crippen molar-refractivity contribution >= 4 is 12.6 Å². The molecule has 0 bridgehead atoms. The highest BCUT2D eigenvalue weighted by Crippen LogP contribution is 2.26. The Bertz CT molecular complexity index is 605. The van der Waals surface area contributed by atoms with Crippen molar-refractivity contribution in [3.8, 4) is 17.2 Å². The Morgan fingerprint density at radius 2 is 1.23 bits per heavy atom. The minimum absolute atomic E-state index is 0.571. The Hall–Kier alpha value is -2.82. The van der Waals surface area contributed by atoms with Gasteiger partial charge in [0.1, 0.15) is 18.3 Å². The van der Waals surface area contributed by atoms with Gasteiger partial charge in [0, 0.05) is 11.1 Å². The third-order valence-corrected chi connectivity index (χ3v) is 2.80. The van der Waals surface area contributed by atoms with Gasteiger partial charge in [0.2, 0.25) is 0 Å². The third-order valence-electron chi connectivity index (χ3n) is 2.80. The van der Waals surface area contributed by atoms with Gasteiger partial charge in [0.15, 0.2) is 11.5 Å². The molecule has 0 radical (unpaired) electrons. The molecule has 2 aromatic carbocycles. The van der Waals surface area contributed by atoms with Crippen molar-refractivity contribution in [3.05, 3.63) is 53.6 Å². The molecular formula is C17H18O5. The highest BCUT2D eigenvalue weighted by atomic mass is 16.5. The van der Waals surface area contributed by atoms with E-state index in [1.807, 2.05) is 0 Å². The standard InChI is InChI=1S/C9H10O3.C8H8O2/c1-11-8-4-3-7(6-10)5-9(8)12-2;1-10-8-4-2-7(6-9)3-5-8/h3-6H,1-2H3;2-6H,1H3. The van der Waals surface area contributed by atoms with Crippen LogP contribution in [0.25, 0.3) is 0 Å². The smallest absolute Gasteiger partial charge is 0.161 e. The van der Waals surface area contributed by atoms with E-state index in [1.54, 1.807) is 56.7 Å². The predicted molar refractivity (Wildman–Crippen MR) is 83.3 cm³/mol. The van der Waals surface area contributed by atoms with Crippen LogP contribution >= 0.6 is 0 Å². The summed E-state index contributed by atoms with van der Waals surface area (Å²) >= 11 is 0. The lowest BCUT2D eigenvalue weighted by atomic mass is 10.2. The molecule has 0 heterocycles. The largest absolute Gasteiger partial charge is 0.497 e. The molecule has 2 aromatic rings.